The van der Waals surface area contributed by atoms with E-state index in [1.807, 2.05) is 42.5 Å². The maximum atomic E-state index is 11.8. The highest BCUT2D eigenvalue weighted by molar-refractivity contribution is 9.10. The summed E-state index contributed by atoms with van der Waals surface area (Å²) >= 11 is 3.37. The molecular formula is C16H16BrNO3. The summed E-state index contributed by atoms with van der Waals surface area (Å²) < 4.78 is 11.5. The third-order valence-corrected chi connectivity index (χ3v) is 3.52. The van der Waals surface area contributed by atoms with E-state index in [1.54, 1.807) is 13.2 Å². The number of nitrogens with one attached hydrogen (secondary N) is 1. The van der Waals surface area contributed by atoms with Crippen LogP contribution < -0.4 is 14.8 Å². The van der Waals surface area contributed by atoms with Crippen molar-refractivity contribution in [3.8, 4) is 11.5 Å². The molecule has 0 aromatic heterocycles. The molecule has 0 radical (unpaired) electrons. The standard InChI is InChI=1S/C16H16BrNO3/c1-20-14-8-4-2-6-12(14)10-18-16(19)11-21-15-9-5-3-7-13(15)17/h2-9H,10-11H2,1H3,(H,18,19). The van der Waals surface area contributed by atoms with Crippen molar-refractivity contribution in [1.82, 2.24) is 5.32 Å². The van der Waals surface area contributed by atoms with Crippen LogP contribution >= 0.6 is 15.9 Å². The lowest BCUT2D eigenvalue weighted by Crippen LogP contribution is -2.28. The summed E-state index contributed by atoms with van der Waals surface area (Å²) in [6.07, 6.45) is 0. The molecule has 0 saturated heterocycles. The topological polar surface area (TPSA) is 47.6 Å². The van der Waals surface area contributed by atoms with Gasteiger partial charge in [-0.25, -0.2) is 0 Å². The molecule has 110 valence electrons. The molecule has 0 bridgehead atoms. The molecule has 0 atom stereocenters. The van der Waals surface area contributed by atoms with Crippen LogP contribution in [0.4, 0.5) is 0 Å². The Kier molecular flexibility index (Phi) is 5.63. The summed E-state index contributed by atoms with van der Waals surface area (Å²) in [6.45, 7) is 0.375. The van der Waals surface area contributed by atoms with Crippen LogP contribution in [0.3, 0.4) is 0 Å². The summed E-state index contributed by atoms with van der Waals surface area (Å²) in [7, 11) is 1.61. The lowest BCUT2D eigenvalue weighted by Gasteiger charge is -2.10. The molecule has 0 aliphatic heterocycles. The molecule has 0 aliphatic carbocycles. The zero-order chi connectivity index (χ0) is 15.1. The molecule has 0 aliphatic rings. The SMILES string of the molecule is COc1ccccc1CNC(=O)COc1ccccc1Br. The lowest BCUT2D eigenvalue weighted by molar-refractivity contribution is -0.123. The van der Waals surface area contributed by atoms with Crippen molar-refractivity contribution in [1.29, 1.82) is 0 Å². The molecule has 1 amide bonds. The number of carbonyl (C=O) groups is 1. The van der Waals surface area contributed by atoms with Crippen LogP contribution in [0.15, 0.2) is 53.0 Å². The van der Waals surface area contributed by atoms with E-state index in [2.05, 4.69) is 21.2 Å². The van der Waals surface area contributed by atoms with Gasteiger partial charge in [0, 0.05) is 12.1 Å². The van der Waals surface area contributed by atoms with Crippen molar-refractivity contribution in [3.05, 3.63) is 58.6 Å². The quantitative estimate of drug-likeness (QED) is 0.871. The summed E-state index contributed by atoms with van der Waals surface area (Å²) in [4.78, 5) is 11.8. The van der Waals surface area contributed by atoms with Crippen molar-refractivity contribution in [2.75, 3.05) is 13.7 Å². The van der Waals surface area contributed by atoms with E-state index in [1.165, 1.54) is 0 Å². The molecule has 0 unspecified atom stereocenters. The highest BCUT2D eigenvalue weighted by Crippen LogP contribution is 2.23. The van der Waals surface area contributed by atoms with E-state index >= 15 is 0 Å². The second kappa shape index (κ2) is 7.69. The average Bonchev–Trinajstić information content (AvgIpc) is 2.52. The predicted octanol–water partition coefficient (Wildman–Crippen LogP) is 3.15. The van der Waals surface area contributed by atoms with Gasteiger partial charge in [-0.1, -0.05) is 30.3 Å². The van der Waals surface area contributed by atoms with Crippen LogP contribution in [-0.4, -0.2) is 19.6 Å². The number of hydrogen-bond donors (Lipinski definition) is 1. The van der Waals surface area contributed by atoms with Crippen molar-refractivity contribution >= 4 is 21.8 Å². The van der Waals surface area contributed by atoms with E-state index in [4.69, 9.17) is 9.47 Å². The highest BCUT2D eigenvalue weighted by Gasteiger charge is 2.07. The van der Waals surface area contributed by atoms with E-state index in [0.717, 1.165) is 15.8 Å². The second-order valence-corrected chi connectivity index (χ2v) is 5.16. The highest BCUT2D eigenvalue weighted by atomic mass is 79.9. The third-order valence-electron chi connectivity index (χ3n) is 2.86. The zero-order valence-corrected chi connectivity index (χ0v) is 13.2. The van der Waals surface area contributed by atoms with Crippen molar-refractivity contribution in [2.24, 2.45) is 0 Å². The Bertz CT molecular complexity index is 616. The van der Waals surface area contributed by atoms with Gasteiger partial charge in [-0.2, -0.15) is 0 Å². The van der Waals surface area contributed by atoms with Crippen LogP contribution in [0, 0.1) is 0 Å². The predicted molar refractivity (Wildman–Crippen MR) is 84.5 cm³/mol. The van der Waals surface area contributed by atoms with Crippen LogP contribution in [0.2, 0.25) is 0 Å². The first-order chi connectivity index (χ1) is 10.2. The van der Waals surface area contributed by atoms with Gasteiger partial charge >= 0.3 is 0 Å². The first-order valence-corrected chi connectivity index (χ1v) is 7.26. The van der Waals surface area contributed by atoms with Gasteiger partial charge in [0.05, 0.1) is 11.6 Å². The van der Waals surface area contributed by atoms with E-state index in [-0.39, 0.29) is 12.5 Å². The monoisotopic (exact) mass is 349 g/mol. The van der Waals surface area contributed by atoms with Gasteiger partial charge in [-0.05, 0) is 34.1 Å². The number of amides is 1. The summed E-state index contributed by atoms with van der Waals surface area (Å²) in [6, 6.07) is 15.0. The van der Waals surface area contributed by atoms with E-state index < -0.39 is 0 Å². The molecule has 0 saturated carbocycles. The van der Waals surface area contributed by atoms with Crippen molar-refractivity contribution in [2.45, 2.75) is 6.54 Å². The maximum Gasteiger partial charge on any atom is 0.258 e. The third kappa shape index (κ3) is 4.49. The van der Waals surface area contributed by atoms with Gasteiger partial charge in [0.15, 0.2) is 6.61 Å². The van der Waals surface area contributed by atoms with Gasteiger partial charge in [0.1, 0.15) is 11.5 Å². The molecule has 0 spiro atoms. The van der Waals surface area contributed by atoms with Crippen molar-refractivity contribution in [3.63, 3.8) is 0 Å². The fraction of sp³-hybridized carbons (Fsp3) is 0.188. The fourth-order valence-electron chi connectivity index (χ4n) is 1.80. The zero-order valence-electron chi connectivity index (χ0n) is 11.6. The number of benzene rings is 2. The summed E-state index contributed by atoms with van der Waals surface area (Å²) in [5.41, 5.74) is 0.925. The molecule has 1 N–H and O–H groups in total. The fourth-order valence-corrected chi connectivity index (χ4v) is 2.20. The van der Waals surface area contributed by atoms with Gasteiger partial charge in [-0.15, -0.1) is 0 Å². The minimum Gasteiger partial charge on any atom is -0.496 e. The molecule has 5 heteroatoms. The Labute approximate surface area is 132 Å². The number of para-hydroxylation sites is 2. The first kappa shape index (κ1) is 15.4. The first-order valence-electron chi connectivity index (χ1n) is 6.46. The minimum atomic E-state index is -0.184. The smallest absolute Gasteiger partial charge is 0.258 e. The Balaban J connectivity index is 1.84. The van der Waals surface area contributed by atoms with Gasteiger partial charge in [0.25, 0.3) is 5.91 Å². The Morgan fingerprint density at radius 1 is 1.10 bits per heavy atom. The molecule has 0 heterocycles. The molecule has 2 rings (SSSR count). The molecular weight excluding hydrogens is 334 g/mol. The van der Waals surface area contributed by atoms with Gasteiger partial charge < -0.3 is 14.8 Å². The van der Waals surface area contributed by atoms with E-state index in [9.17, 15) is 4.79 Å². The maximum absolute atomic E-state index is 11.8. The molecule has 21 heavy (non-hydrogen) atoms. The number of hydrogen-bond acceptors (Lipinski definition) is 3. The van der Waals surface area contributed by atoms with Crippen LogP contribution in [0.1, 0.15) is 5.56 Å². The van der Waals surface area contributed by atoms with Gasteiger partial charge in [-0.3, -0.25) is 4.79 Å². The molecule has 0 fully saturated rings. The van der Waals surface area contributed by atoms with E-state index in [0.29, 0.717) is 12.3 Å². The summed E-state index contributed by atoms with van der Waals surface area (Å²) in [5.74, 6) is 1.21. The normalized spacial score (nSPS) is 10.0. The number of halogens is 1. The molecule has 2 aromatic rings. The largest absolute Gasteiger partial charge is 0.496 e. The second-order valence-electron chi connectivity index (χ2n) is 4.31. The van der Waals surface area contributed by atoms with Crippen LogP contribution in [0.5, 0.6) is 11.5 Å². The number of carbonyl (C=O) groups excluding carboxylic acids is 1. The molecule has 2 aromatic carbocycles. The number of methoxy groups -OCH3 is 1. The molecule has 4 nitrogen and oxygen atoms in total. The Morgan fingerprint density at radius 2 is 1.76 bits per heavy atom. The average molecular weight is 350 g/mol. The summed E-state index contributed by atoms with van der Waals surface area (Å²) in [5, 5.41) is 2.80. The van der Waals surface area contributed by atoms with Crippen LogP contribution in [-0.2, 0) is 11.3 Å². The Hall–Kier alpha value is -2.01. The Morgan fingerprint density at radius 3 is 2.48 bits per heavy atom. The minimum absolute atomic E-state index is 0.0300. The van der Waals surface area contributed by atoms with Crippen molar-refractivity contribution < 1.29 is 14.3 Å². The lowest BCUT2D eigenvalue weighted by atomic mass is 10.2. The number of ether oxygens (including phenoxy) is 2. The van der Waals surface area contributed by atoms with Crippen LogP contribution in [0.25, 0.3) is 0 Å². The van der Waals surface area contributed by atoms with Gasteiger partial charge in [0.2, 0.25) is 0 Å². The number of rotatable bonds is 6.